The topological polar surface area (TPSA) is 53.1 Å². The molecule has 1 aliphatic rings. The van der Waals surface area contributed by atoms with Crippen molar-refractivity contribution in [2.75, 3.05) is 0 Å². The molecule has 0 bridgehead atoms. The Morgan fingerprint density at radius 1 is 1.44 bits per heavy atom. The number of hydrogen-bond acceptors (Lipinski definition) is 3. The maximum Gasteiger partial charge on any atom is 0.134 e. The Hall–Kier alpha value is -0.870. The van der Waals surface area contributed by atoms with Gasteiger partial charge >= 0.3 is 0 Å². The third-order valence-electron chi connectivity index (χ3n) is 3.31. The lowest BCUT2D eigenvalue weighted by Crippen LogP contribution is -2.30. The summed E-state index contributed by atoms with van der Waals surface area (Å²) < 4.78 is 8.00. The Balaban J connectivity index is 1.79. The third-order valence-corrected chi connectivity index (χ3v) is 3.31. The highest BCUT2D eigenvalue weighted by Gasteiger charge is 2.19. The number of nitrogens with zero attached hydrogens (tertiary/aromatic N) is 2. The van der Waals surface area contributed by atoms with E-state index >= 15 is 0 Å². The number of hydrogen-bond donors (Lipinski definition) is 1. The average molecular weight is 223 g/mol. The molecule has 1 aromatic rings. The maximum absolute atomic E-state index is 5.88. The van der Waals surface area contributed by atoms with Gasteiger partial charge in [-0.15, -0.1) is 0 Å². The molecule has 1 heterocycles. The molecule has 0 atom stereocenters. The first-order valence-corrected chi connectivity index (χ1v) is 6.16. The normalized spacial score (nSPS) is 25.9. The summed E-state index contributed by atoms with van der Waals surface area (Å²) in [4.78, 5) is 4.30. The van der Waals surface area contributed by atoms with Crippen LogP contribution in [0.4, 0.5) is 0 Å². The second-order valence-electron chi connectivity index (χ2n) is 4.48. The lowest BCUT2D eigenvalue weighted by molar-refractivity contribution is 0.00935. The molecule has 0 amide bonds. The fraction of sp³-hybridized carbons (Fsp3) is 0.750. The maximum atomic E-state index is 5.88. The Labute approximate surface area is 96.8 Å². The van der Waals surface area contributed by atoms with Crippen molar-refractivity contribution in [2.45, 2.75) is 57.9 Å². The minimum absolute atomic E-state index is 0.377. The minimum Gasteiger partial charge on any atom is -0.370 e. The van der Waals surface area contributed by atoms with E-state index in [1.54, 1.807) is 0 Å². The van der Waals surface area contributed by atoms with Crippen LogP contribution in [-0.4, -0.2) is 21.7 Å². The van der Waals surface area contributed by atoms with Crippen molar-refractivity contribution in [3.8, 4) is 0 Å². The highest BCUT2D eigenvalue weighted by Crippen LogP contribution is 2.20. The zero-order valence-electron chi connectivity index (χ0n) is 9.93. The van der Waals surface area contributed by atoms with Crippen LogP contribution in [0.15, 0.2) is 12.4 Å². The molecule has 1 saturated carbocycles. The predicted molar refractivity (Wildman–Crippen MR) is 62.9 cm³/mol. The largest absolute Gasteiger partial charge is 0.370 e. The average Bonchev–Trinajstić information content (AvgIpc) is 2.76. The quantitative estimate of drug-likeness (QED) is 0.845. The number of aromatic nitrogens is 2. The third kappa shape index (κ3) is 2.83. The van der Waals surface area contributed by atoms with Crippen LogP contribution in [0.25, 0.3) is 0 Å². The minimum atomic E-state index is 0.377. The Morgan fingerprint density at radius 3 is 2.88 bits per heavy atom. The summed E-state index contributed by atoms with van der Waals surface area (Å²) in [6.45, 7) is 3.69. The first kappa shape index (κ1) is 11.6. The van der Waals surface area contributed by atoms with Gasteiger partial charge in [-0.05, 0) is 32.6 Å². The molecule has 0 spiro atoms. The summed E-state index contributed by atoms with van der Waals surface area (Å²) in [6.07, 6.45) is 8.57. The molecular formula is C12H21N3O. The summed E-state index contributed by atoms with van der Waals surface area (Å²) in [5, 5.41) is 0. The zero-order chi connectivity index (χ0) is 11.4. The Bertz CT molecular complexity index is 316. The summed E-state index contributed by atoms with van der Waals surface area (Å²) >= 11 is 0. The highest BCUT2D eigenvalue weighted by molar-refractivity contribution is 4.90. The molecule has 90 valence electrons. The number of rotatable bonds is 4. The first-order chi connectivity index (χ1) is 7.79. The summed E-state index contributed by atoms with van der Waals surface area (Å²) in [6, 6.07) is 0.387. The van der Waals surface area contributed by atoms with E-state index in [0.717, 1.165) is 38.1 Å². The molecule has 0 aromatic carbocycles. The first-order valence-electron chi connectivity index (χ1n) is 6.16. The van der Waals surface area contributed by atoms with Crippen molar-refractivity contribution < 1.29 is 4.74 Å². The van der Waals surface area contributed by atoms with Gasteiger partial charge in [0.05, 0.1) is 6.10 Å². The molecule has 4 nitrogen and oxygen atoms in total. The molecular weight excluding hydrogens is 202 g/mol. The molecule has 1 aromatic heterocycles. The van der Waals surface area contributed by atoms with Crippen LogP contribution in [0, 0.1) is 0 Å². The Morgan fingerprint density at radius 2 is 2.19 bits per heavy atom. The van der Waals surface area contributed by atoms with Crippen LogP contribution < -0.4 is 5.73 Å². The lowest BCUT2D eigenvalue weighted by atomic mass is 9.94. The molecule has 16 heavy (non-hydrogen) atoms. The second kappa shape index (κ2) is 5.46. The lowest BCUT2D eigenvalue weighted by Gasteiger charge is -2.26. The molecule has 0 saturated heterocycles. The van der Waals surface area contributed by atoms with Crippen molar-refractivity contribution in [3.05, 3.63) is 18.2 Å². The molecule has 0 aliphatic heterocycles. The molecule has 2 N–H and O–H groups in total. The van der Waals surface area contributed by atoms with E-state index in [2.05, 4.69) is 16.5 Å². The van der Waals surface area contributed by atoms with Crippen molar-refractivity contribution in [2.24, 2.45) is 5.73 Å². The summed E-state index contributed by atoms with van der Waals surface area (Å²) in [5.41, 5.74) is 5.86. The Kier molecular flexibility index (Phi) is 3.96. The SMILES string of the molecule is CCn1ccnc1COC1CCC(N)CC1. The van der Waals surface area contributed by atoms with Crippen molar-refractivity contribution >= 4 is 0 Å². The van der Waals surface area contributed by atoms with Crippen molar-refractivity contribution in [3.63, 3.8) is 0 Å². The smallest absolute Gasteiger partial charge is 0.134 e. The number of aryl methyl sites for hydroxylation is 1. The van der Waals surface area contributed by atoms with Crippen molar-refractivity contribution in [1.82, 2.24) is 9.55 Å². The van der Waals surface area contributed by atoms with Gasteiger partial charge in [0.2, 0.25) is 0 Å². The number of ether oxygens (including phenoxy) is 1. The van der Waals surface area contributed by atoms with E-state index in [-0.39, 0.29) is 0 Å². The molecule has 4 heteroatoms. The molecule has 0 radical (unpaired) electrons. The standard InChI is InChI=1S/C12H21N3O/c1-2-15-8-7-14-12(15)9-16-11-5-3-10(13)4-6-11/h7-8,10-11H,2-6,9,13H2,1H3. The second-order valence-corrected chi connectivity index (χ2v) is 4.48. The fourth-order valence-corrected chi connectivity index (χ4v) is 2.22. The van der Waals surface area contributed by atoms with Crippen LogP contribution in [0.1, 0.15) is 38.4 Å². The number of imidazole rings is 1. The zero-order valence-corrected chi connectivity index (χ0v) is 9.93. The van der Waals surface area contributed by atoms with Crippen LogP contribution >= 0.6 is 0 Å². The van der Waals surface area contributed by atoms with Gasteiger partial charge in [0.25, 0.3) is 0 Å². The summed E-state index contributed by atoms with van der Waals surface area (Å²) in [7, 11) is 0. The van der Waals surface area contributed by atoms with E-state index < -0.39 is 0 Å². The molecule has 1 aliphatic carbocycles. The van der Waals surface area contributed by atoms with Crippen molar-refractivity contribution in [1.29, 1.82) is 0 Å². The fourth-order valence-electron chi connectivity index (χ4n) is 2.22. The molecule has 0 unspecified atom stereocenters. The van der Waals surface area contributed by atoms with E-state index in [1.807, 2.05) is 12.4 Å². The van der Waals surface area contributed by atoms with Gasteiger partial charge in [-0.1, -0.05) is 0 Å². The van der Waals surface area contributed by atoms with Crippen LogP contribution in [0.3, 0.4) is 0 Å². The van der Waals surface area contributed by atoms with Gasteiger partial charge in [-0.3, -0.25) is 0 Å². The van der Waals surface area contributed by atoms with Gasteiger partial charge in [-0.2, -0.15) is 0 Å². The predicted octanol–water partition coefficient (Wildman–Crippen LogP) is 1.69. The van der Waals surface area contributed by atoms with Crippen LogP contribution in [-0.2, 0) is 17.9 Å². The van der Waals surface area contributed by atoms with E-state index in [4.69, 9.17) is 10.5 Å². The van der Waals surface area contributed by atoms with Gasteiger partial charge in [0.1, 0.15) is 12.4 Å². The van der Waals surface area contributed by atoms with Gasteiger partial charge in [-0.25, -0.2) is 4.98 Å². The van der Waals surface area contributed by atoms with Gasteiger partial charge < -0.3 is 15.0 Å². The molecule has 2 rings (SSSR count). The van der Waals surface area contributed by atoms with E-state index in [1.165, 1.54) is 0 Å². The van der Waals surface area contributed by atoms with E-state index in [0.29, 0.717) is 18.8 Å². The van der Waals surface area contributed by atoms with Crippen LogP contribution in [0.2, 0.25) is 0 Å². The highest BCUT2D eigenvalue weighted by atomic mass is 16.5. The summed E-state index contributed by atoms with van der Waals surface area (Å²) in [5.74, 6) is 1.03. The van der Waals surface area contributed by atoms with Gasteiger partial charge in [0.15, 0.2) is 0 Å². The molecule has 1 fully saturated rings. The number of nitrogens with two attached hydrogens (primary N) is 1. The van der Waals surface area contributed by atoms with Crippen LogP contribution in [0.5, 0.6) is 0 Å². The monoisotopic (exact) mass is 223 g/mol. The van der Waals surface area contributed by atoms with E-state index in [9.17, 15) is 0 Å². The van der Waals surface area contributed by atoms with Gasteiger partial charge in [0, 0.05) is 25.0 Å².